The molecule has 0 aliphatic rings. The number of amides is 1. The average Bonchev–Trinajstić information content (AvgIpc) is 3.33. The van der Waals surface area contributed by atoms with Crippen LogP contribution in [0.2, 0.25) is 5.02 Å². The molecule has 0 N–H and O–H groups in total. The second-order valence-corrected chi connectivity index (χ2v) is 7.94. The molecule has 1 amide bonds. The maximum absolute atomic E-state index is 13.1. The fourth-order valence-electron chi connectivity index (χ4n) is 3.36. The predicted molar refractivity (Wildman–Crippen MR) is 115 cm³/mol. The fraction of sp³-hybridized carbons (Fsp3) is 0.261. The Morgan fingerprint density at radius 1 is 1.17 bits per heavy atom. The number of aromatic nitrogens is 2. The third-order valence-corrected chi connectivity index (χ3v) is 5.30. The van der Waals surface area contributed by atoms with Crippen molar-refractivity contribution in [2.45, 2.75) is 39.8 Å². The smallest absolute Gasteiger partial charge is 0.249 e. The van der Waals surface area contributed by atoms with Crippen molar-refractivity contribution in [1.82, 2.24) is 15.1 Å². The number of benzene rings is 2. The molecule has 2 aromatic carbocycles. The molecule has 4 rings (SSSR count). The van der Waals surface area contributed by atoms with Crippen molar-refractivity contribution < 1.29 is 13.6 Å². The van der Waals surface area contributed by atoms with Gasteiger partial charge in [0.15, 0.2) is 0 Å². The first-order valence-electron chi connectivity index (χ1n) is 9.76. The molecule has 154 valence electrons. The van der Waals surface area contributed by atoms with Gasteiger partial charge in [0, 0.05) is 17.0 Å². The van der Waals surface area contributed by atoms with Gasteiger partial charge in [-0.2, -0.15) is 0 Å². The van der Waals surface area contributed by atoms with Crippen LogP contribution in [0.3, 0.4) is 0 Å². The topological polar surface area (TPSA) is 72.4 Å². The van der Waals surface area contributed by atoms with Crippen molar-refractivity contribution in [2.75, 3.05) is 0 Å². The number of aryl methyl sites for hydroxylation is 1. The van der Waals surface area contributed by atoms with Crippen molar-refractivity contribution >= 4 is 28.5 Å². The summed E-state index contributed by atoms with van der Waals surface area (Å²) in [7, 11) is 0. The predicted octanol–water partition coefficient (Wildman–Crippen LogP) is 5.42. The lowest BCUT2D eigenvalue weighted by Crippen LogP contribution is -2.37. The van der Waals surface area contributed by atoms with Gasteiger partial charge in [-0.15, -0.1) is 10.2 Å². The Bertz CT molecular complexity index is 1200. The molecular formula is C23H22ClN3O3. The number of halogens is 1. The molecule has 0 radical (unpaired) electrons. The summed E-state index contributed by atoms with van der Waals surface area (Å²) in [6.07, 6.45) is 1.89. The standard InChI is InChI=1S/C23H22ClN3O3/c1-14(2)27(12-21-25-26-23(30-21)18-6-4-5-7-19(18)24)22(28)11-16-13-29-20-10-15(3)8-9-17(16)20/h4-10,13-14H,11-12H2,1-3H3. The van der Waals surface area contributed by atoms with Gasteiger partial charge in [0.05, 0.1) is 29.8 Å². The van der Waals surface area contributed by atoms with E-state index >= 15 is 0 Å². The first-order chi connectivity index (χ1) is 14.4. The highest BCUT2D eigenvalue weighted by atomic mass is 35.5. The molecule has 0 atom stereocenters. The number of furan rings is 1. The van der Waals surface area contributed by atoms with Gasteiger partial charge in [-0.1, -0.05) is 35.9 Å². The molecule has 4 aromatic rings. The molecule has 2 heterocycles. The van der Waals surface area contributed by atoms with E-state index in [-0.39, 0.29) is 24.9 Å². The van der Waals surface area contributed by atoms with Gasteiger partial charge in [0.1, 0.15) is 5.58 Å². The van der Waals surface area contributed by atoms with Crippen molar-refractivity contribution in [1.29, 1.82) is 0 Å². The lowest BCUT2D eigenvalue weighted by molar-refractivity contribution is -0.133. The van der Waals surface area contributed by atoms with E-state index in [1.807, 2.05) is 57.2 Å². The normalized spacial score (nSPS) is 11.4. The third-order valence-electron chi connectivity index (χ3n) is 4.97. The van der Waals surface area contributed by atoms with Crippen LogP contribution in [0.15, 0.2) is 57.6 Å². The van der Waals surface area contributed by atoms with Crippen LogP contribution in [0.5, 0.6) is 0 Å². The molecule has 0 saturated heterocycles. The van der Waals surface area contributed by atoms with Crippen LogP contribution in [0, 0.1) is 6.92 Å². The van der Waals surface area contributed by atoms with Crippen molar-refractivity contribution in [3.8, 4) is 11.5 Å². The van der Waals surface area contributed by atoms with Crippen LogP contribution < -0.4 is 0 Å². The van der Waals surface area contributed by atoms with Crippen LogP contribution in [-0.2, 0) is 17.8 Å². The lowest BCUT2D eigenvalue weighted by Gasteiger charge is -2.25. The van der Waals surface area contributed by atoms with Gasteiger partial charge in [0.2, 0.25) is 17.7 Å². The quantitative estimate of drug-likeness (QED) is 0.413. The number of fused-ring (bicyclic) bond motifs is 1. The van der Waals surface area contributed by atoms with Gasteiger partial charge in [-0.3, -0.25) is 4.79 Å². The maximum atomic E-state index is 13.1. The Balaban J connectivity index is 1.53. The molecule has 0 saturated carbocycles. The lowest BCUT2D eigenvalue weighted by atomic mass is 10.1. The summed E-state index contributed by atoms with van der Waals surface area (Å²) in [6.45, 7) is 6.15. The SMILES string of the molecule is Cc1ccc2c(CC(=O)N(Cc3nnc(-c4ccccc4Cl)o3)C(C)C)coc2c1. The van der Waals surface area contributed by atoms with Crippen LogP contribution in [-0.4, -0.2) is 27.0 Å². The second kappa shape index (κ2) is 8.32. The van der Waals surface area contributed by atoms with E-state index in [9.17, 15) is 4.79 Å². The van der Waals surface area contributed by atoms with E-state index in [0.29, 0.717) is 22.4 Å². The number of nitrogens with zero attached hydrogens (tertiary/aromatic N) is 3. The average molecular weight is 424 g/mol. The maximum Gasteiger partial charge on any atom is 0.249 e. The Hall–Kier alpha value is -3.12. The third kappa shape index (κ3) is 4.09. The Kier molecular flexibility index (Phi) is 5.59. The van der Waals surface area contributed by atoms with Gasteiger partial charge in [-0.25, -0.2) is 0 Å². The van der Waals surface area contributed by atoms with E-state index in [0.717, 1.165) is 22.1 Å². The summed E-state index contributed by atoms with van der Waals surface area (Å²) >= 11 is 6.21. The molecule has 6 nitrogen and oxygen atoms in total. The van der Waals surface area contributed by atoms with Gasteiger partial charge in [-0.05, 0) is 44.5 Å². The minimum atomic E-state index is -0.0363. The monoisotopic (exact) mass is 423 g/mol. The first-order valence-corrected chi connectivity index (χ1v) is 10.1. The zero-order valence-corrected chi connectivity index (χ0v) is 17.8. The van der Waals surface area contributed by atoms with Crippen molar-refractivity contribution in [2.24, 2.45) is 0 Å². The number of rotatable bonds is 6. The van der Waals surface area contributed by atoms with E-state index in [4.69, 9.17) is 20.4 Å². The fourth-order valence-corrected chi connectivity index (χ4v) is 3.57. The van der Waals surface area contributed by atoms with Crippen molar-refractivity contribution in [3.63, 3.8) is 0 Å². The highest BCUT2D eigenvalue weighted by Crippen LogP contribution is 2.27. The molecule has 0 fully saturated rings. The molecule has 0 aliphatic heterocycles. The number of carbonyl (C=O) groups is 1. The summed E-state index contributed by atoms with van der Waals surface area (Å²) in [5, 5.41) is 9.69. The summed E-state index contributed by atoms with van der Waals surface area (Å²) in [5.74, 6) is 0.661. The summed E-state index contributed by atoms with van der Waals surface area (Å²) in [4.78, 5) is 14.8. The van der Waals surface area contributed by atoms with Crippen molar-refractivity contribution in [3.05, 3.63) is 70.8 Å². The number of carbonyl (C=O) groups excluding carboxylic acids is 1. The van der Waals surface area contributed by atoms with Crippen LogP contribution >= 0.6 is 11.6 Å². The first kappa shape index (κ1) is 20.2. The summed E-state index contributed by atoms with van der Waals surface area (Å²) in [6, 6.07) is 13.2. The minimum absolute atomic E-state index is 0.0337. The van der Waals surface area contributed by atoms with Crippen LogP contribution in [0.1, 0.15) is 30.9 Å². The molecular weight excluding hydrogens is 402 g/mol. The minimum Gasteiger partial charge on any atom is -0.464 e. The molecule has 0 unspecified atom stereocenters. The number of hydrogen-bond acceptors (Lipinski definition) is 5. The van der Waals surface area contributed by atoms with E-state index in [1.165, 1.54) is 0 Å². The van der Waals surface area contributed by atoms with E-state index in [1.54, 1.807) is 17.2 Å². The highest BCUT2D eigenvalue weighted by Gasteiger charge is 2.22. The van der Waals surface area contributed by atoms with Crippen LogP contribution in [0.4, 0.5) is 0 Å². The van der Waals surface area contributed by atoms with E-state index in [2.05, 4.69) is 10.2 Å². The molecule has 30 heavy (non-hydrogen) atoms. The van der Waals surface area contributed by atoms with E-state index < -0.39 is 0 Å². The molecule has 7 heteroatoms. The van der Waals surface area contributed by atoms with Gasteiger partial charge < -0.3 is 13.7 Å². The summed E-state index contributed by atoms with van der Waals surface area (Å²) < 4.78 is 11.4. The van der Waals surface area contributed by atoms with Crippen LogP contribution in [0.25, 0.3) is 22.4 Å². The Morgan fingerprint density at radius 3 is 2.73 bits per heavy atom. The summed E-state index contributed by atoms with van der Waals surface area (Å²) in [5.41, 5.74) is 3.43. The largest absolute Gasteiger partial charge is 0.464 e. The molecule has 0 spiro atoms. The van der Waals surface area contributed by atoms with Gasteiger partial charge >= 0.3 is 0 Å². The Morgan fingerprint density at radius 2 is 1.97 bits per heavy atom. The Labute approximate surface area is 179 Å². The van der Waals surface area contributed by atoms with Gasteiger partial charge in [0.25, 0.3) is 0 Å². The number of hydrogen-bond donors (Lipinski definition) is 0. The zero-order valence-electron chi connectivity index (χ0n) is 17.1. The second-order valence-electron chi connectivity index (χ2n) is 7.53. The molecule has 0 bridgehead atoms. The zero-order chi connectivity index (χ0) is 21.3. The highest BCUT2D eigenvalue weighted by molar-refractivity contribution is 6.33. The molecule has 2 aromatic heterocycles. The molecule has 0 aliphatic carbocycles.